The molecule has 2 aliphatic heterocycles. The maximum atomic E-state index is 10.4. The molecule has 32 heavy (non-hydrogen) atoms. The van der Waals surface area contributed by atoms with E-state index in [1.807, 2.05) is 0 Å². The van der Waals surface area contributed by atoms with Gasteiger partial charge in [-0.3, -0.25) is 0 Å². The van der Waals surface area contributed by atoms with Gasteiger partial charge in [0.15, 0.2) is 5.60 Å². The number of aliphatic hydroxyl groups is 3. The van der Waals surface area contributed by atoms with Crippen molar-refractivity contribution in [2.24, 2.45) is 23.7 Å². The van der Waals surface area contributed by atoms with Gasteiger partial charge in [-0.15, -0.1) is 0 Å². The fourth-order valence-electron chi connectivity index (χ4n) is 7.24. The van der Waals surface area contributed by atoms with Crippen molar-refractivity contribution in [1.29, 1.82) is 0 Å². The predicted octanol–water partition coefficient (Wildman–Crippen LogP) is 1.85. The molecule has 6 fully saturated rings. The molecule has 0 amide bonds. The van der Waals surface area contributed by atoms with Gasteiger partial charge < -0.3 is 29.5 Å². The zero-order valence-corrected chi connectivity index (χ0v) is 17.8. The quantitative estimate of drug-likeness (QED) is 0.583. The first-order valence-electron chi connectivity index (χ1n) is 13.1. The Morgan fingerprint density at radius 1 is 1.06 bits per heavy atom. The summed E-state index contributed by atoms with van der Waals surface area (Å²) in [6.07, 6.45) is 0.846. The standard InChI is InChI=1S/C24H32O8/c1-28-24(23(31-32-24)16-6-13-5-14(8-16)9-17(23)7-13)15-3-2-4-18(10-15)29-22-21(27)20(26)11-19(12-25)30-22/h2-4,10,13-14,16-17,19-22,25-27H,5-9,11-12H2,1H3/t13?,14?,16?,17?,19?,20-,21?,22+,23?,24?/m0/s1/i1D3. The monoisotopic (exact) mass is 451 g/mol. The van der Waals surface area contributed by atoms with Gasteiger partial charge in [0.05, 0.1) is 22.9 Å². The molecular formula is C24H32O8. The van der Waals surface area contributed by atoms with Crippen molar-refractivity contribution in [3.63, 3.8) is 0 Å². The molecule has 0 radical (unpaired) electrons. The lowest BCUT2D eigenvalue weighted by molar-refractivity contribution is -0.645. The molecule has 3 unspecified atom stereocenters. The van der Waals surface area contributed by atoms with Crippen molar-refractivity contribution in [2.75, 3.05) is 13.6 Å². The Labute approximate surface area is 191 Å². The van der Waals surface area contributed by atoms with E-state index in [0.717, 1.165) is 25.7 Å². The minimum Gasteiger partial charge on any atom is -0.462 e. The molecule has 1 aromatic carbocycles. The van der Waals surface area contributed by atoms with E-state index in [4.69, 9.17) is 28.1 Å². The molecule has 0 aromatic heterocycles. The van der Waals surface area contributed by atoms with E-state index in [2.05, 4.69) is 0 Å². The summed E-state index contributed by atoms with van der Waals surface area (Å²) in [5, 5.41) is 29.9. The van der Waals surface area contributed by atoms with E-state index in [9.17, 15) is 15.3 Å². The van der Waals surface area contributed by atoms with Gasteiger partial charge >= 0.3 is 0 Å². The number of rotatable bonds is 5. The lowest BCUT2D eigenvalue weighted by Crippen LogP contribution is -2.76. The van der Waals surface area contributed by atoms with E-state index in [-0.39, 0.29) is 30.6 Å². The number of hydrogen-bond donors (Lipinski definition) is 3. The fraction of sp³-hybridized carbons (Fsp3) is 0.750. The highest BCUT2D eigenvalue weighted by Gasteiger charge is 2.76. The maximum absolute atomic E-state index is 10.4. The van der Waals surface area contributed by atoms with Gasteiger partial charge in [0.1, 0.15) is 11.9 Å². The Morgan fingerprint density at radius 2 is 1.81 bits per heavy atom. The van der Waals surface area contributed by atoms with Gasteiger partial charge in [-0.05, 0) is 67.9 Å². The van der Waals surface area contributed by atoms with Crippen LogP contribution in [-0.4, -0.2) is 59.2 Å². The summed E-state index contributed by atoms with van der Waals surface area (Å²) >= 11 is 0. The van der Waals surface area contributed by atoms with Gasteiger partial charge in [-0.25, -0.2) is 4.89 Å². The molecule has 5 atom stereocenters. The van der Waals surface area contributed by atoms with Crippen LogP contribution in [0.4, 0.5) is 0 Å². The van der Waals surface area contributed by atoms with Crippen molar-refractivity contribution in [1.82, 2.24) is 0 Å². The summed E-state index contributed by atoms with van der Waals surface area (Å²) in [6.45, 7) is -0.322. The van der Waals surface area contributed by atoms with Gasteiger partial charge in [0, 0.05) is 19.0 Å². The second-order valence-electron chi connectivity index (χ2n) is 10.2. The third kappa shape index (κ3) is 2.87. The van der Waals surface area contributed by atoms with Crippen molar-refractivity contribution in [3.05, 3.63) is 29.8 Å². The molecule has 4 bridgehead atoms. The molecule has 8 nitrogen and oxygen atoms in total. The van der Waals surface area contributed by atoms with Crippen LogP contribution in [0, 0.1) is 23.7 Å². The molecule has 6 aliphatic rings. The topological polar surface area (TPSA) is 107 Å². The van der Waals surface area contributed by atoms with Crippen LogP contribution < -0.4 is 4.74 Å². The smallest absolute Gasteiger partial charge is 0.260 e. The third-order valence-corrected chi connectivity index (χ3v) is 8.48. The first kappa shape index (κ1) is 18.1. The van der Waals surface area contributed by atoms with Crippen LogP contribution in [0.25, 0.3) is 0 Å². The predicted molar refractivity (Wildman–Crippen MR) is 110 cm³/mol. The largest absolute Gasteiger partial charge is 0.462 e. The lowest BCUT2D eigenvalue weighted by Gasteiger charge is -2.68. The molecule has 1 spiro atoms. The number of benzene rings is 1. The Balaban J connectivity index is 1.34. The minimum absolute atomic E-state index is 0.0889. The normalized spacial score (nSPS) is 51.0. The highest BCUT2D eigenvalue weighted by Crippen LogP contribution is 2.69. The molecule has 2 heterocycles. The molecule has 176 valence electrons. The highest BCUT2D eigenvalue weighted by atomic mass is 17.3. The zero-order valence-electron chi connectivity index (χ0n) is 20.8. The summed E-state index contributed by atoms with van der Waals surface area (Å²) in [5.74, 6) is 0.165. The molecule has 4 aliphatic carbocycles. The first-order chi connectivity index (χ1) is 16.6. The molecule has 7 rings (SSSR count). The van der Waals surface area contributed by atoms with E-state index in [1.165, 1.54) is 6.42 Å². The van der Waals surface area contributed by atoms with E-state index < -0.39 is 43.0 Å². The van der Waals surface area contributed by atoms with Gasteiger partial charge in [0.2, 0.25) is 6.29 Å². The lowest BCUT2D eigenvalue weighted by atomic mass is 9.47. The summed E-state index contributed by atoms with van der Waals surface area (Å²) < 4.78 is 41.0. The van der Waals surface area contributed by atoms with E-state index in [0.29, 0.717) is 17.4 Å². The minimum atomic E-state index is -2.73. The first-order valence-corrected chi connectivity index (χ1v) is 11.6. The van der Waals surface area contributed by atoms with Crippen LogP contribution >= 0.6 is 0 Å². The number of hydrogen-bond acceptors (Lipinski definition) is 8. The van der Waals surface area contributed by atoms with Crippen molar-refractivity contribution >= 4 is 0 Å². The van der Waals surface area contributed by atoms with Crippen LogP contribution in [-0.2, 0) is 25.0 Å². The Hall–Kier alpha value is -1.26. The Morgan fingerprint density at radius 3 is 2.44 bits per heavy atom. The average molecular weight is 452 g/mol. The molecule has 1 aromatic rings. The molecule has 2 saturated heterocycles. The van der Waals surface area contributed by atoms with Crippen LogP contribution in [0.15, 0.2) is 24.3 Å². The SMILES string of the molecule is [2H]C([2H])([2H])OC1(c2cccc(O[C@@H]3OC(CO)C[C@H](O)C3O)c2)OOC12C1CC3CC(C1)CC2C3. The number of methoxy groups -OCH3 is 1. The Kier molecular flexibility index (Phi) is 4.32. The Bertz CT molecular complexity index is 929. The third-order valence-electron chi connectivity index (χ3n) is 8.48. The summed E-state index contributed by atoms with van der Waals surface area (Å²) in [7, 11) is -2.73. The molecule has 4 saturated carbocycles. The number of ether oxygens (including phenoxy) is 3. The zero-order chi connectivity index (χ0) is 24.6. The van der Waals surface area contributed by atoms with Gasteiger partial charge in [-0.2, -0.15) is 4.89 Å². The summed E-state index contributed by atoms with van der Waals surface area (Å²) in [5.41, 5.74) is -0.443. The van der Waals surface area contributed by atoms with Crippen LogP contribution in [0.5, 0.6) is 5.75 Å². The van der Waals surface area contributed by atoms with Crippen LogP contribution in [0.3, 0.4) is 0 Å². The fourth-order valence-corrected chi connectivity index (χ4v) is 7.24. The molecule has 3 N–H and O–H groups in total. The van der Waals surface area contributed by atoms with Crippen LogP contribution in [0.1, 0.15) is 48.2 Å². The van der Waals surface area contributed by atoms with E-state index >= 15 is 0 Å². The van der Waals surface area contributed by atoms with Crippen molar-refractivity contribution < 1.29 is 43.4 Å². The maximum Gasteiger partial charge on any atom is 0.260 e. The van der Waals surface area contributed by atoms with E-state index in [1.54, 1.807) is 24.3 Å². The van der Waals surface area contributed by atoms with Crippen LogP contribution in [0.2, 0.25) is 0 Å². The highest BCUT2D eigenvalue weighted by molar-refractivity contribution is 5.36. The average Bonchev–Trinajstić information content (AvgIpc) is 2.78. The van der Waals surface area contributed by atoms with Crippen molar-refractivity contribution in [2.45, 2.75) is 74.5 Å². The second-order valence-corrected chi connectivity index (χ2v) is 10.2. The van der Waals surface area contributed by atoms with Gasteiger partial charge in [0.25, 0.3) is 5.79 Å². The summed E-state index contributed by atoms with van der Waals surface area (Å²) in [6, 6.07) is 6.68. The molecular weight excluding hydrogens is 416 g/mol. The summed E-state index contributed by atoms with van der Waals surface area (Å²) in [4.78, 5) is 11.6. The van der Waals surface area contributed by atoms with Crippen molar-refractivity contribution in [3.8, 4) is 5.75 Å². The second kappa shape index (κ2) is 7.63. The molecule has 8 heteroatoms. The number of aliphatic hydroxyl groups excluding tert-OH is 3. The van der Waals surface area contributed by atoms with Gasteiger partial charge in [-0.1, -0.05) is 12.1 Å².